The number of carbonyl (C=O) groups is 4. The van der Waals surface area contributed by atoms with Crippen LogP contribution in [-0.2, 0) is 28.5 Å². The Morgan fingerprint density at radius 3 is 1.57 bits per heavy atom. The topological polar surface area (TPSA) is 159 Å². The summed E-state index contributed by atoms with van der Waals surface area (Å²) in [6.07, 6.45) is 6.60. The van der Waals surface area contributed by atoms with Crippen LogP contribution in [0.1, 0.15) is 71.6 Å². The van der Waals surface area contributed by atoms with Gasteiger partial charge in [-0.25, -0.2) is 19.2 Å². The van der Waals surface area contributed by atoms with Crippen molar-refractivity contribution in [3.8, 4) is 0 Å². The number of carboxylic acid groups (broad SMARTS) is 2. The molecule has 0 unspecified atom stereocenters. The Kier molecular flexibility index (Phi) is 9.03. The lowest BCUT2D eigenvalue weighted by molar-refractivity contribution is -0.140. The van der Waals surface area contributed by atoms with Crippen LogP contribution in [0, 0.1) is 11.8 Å². The molecule has 6 aliphatic rings. The number of nitrogens with zero attached hydrogens (tertiary/aromatic N) is 2. The molecule has 2 amide bonds. The molecule has 2 aliphatic carbocycles. The molecule has 256 valence electrons. The molecule has 47 heavy (non-hydrogen) atoms. The molecule has 0 aromatic heterocycles. The number of fused-ring (bicyclic) bond motifs is 6. The fourth-order valence-corrected chi connectivity index (χ4v) is 7.95. The van der Waals surface area contributed by atoms with E-state index in [9.17, 15) is 29.4 Å². The highest BCUT2D eigenvalue weighted by molar-refractivity contribution is 5.91. The first-order valence-corrected chi connectivity index (χ1v) is 16.8. The first-order chi connectivity index (χ1) is 22.3. The summed E-state index contributed by atoms with van der Waals surface area (Å²) in [7, 11) is 0. The van der Waals surface area contributed by atoms with Crippen molar-refractivity contribution in [2.75, 3.05) is 26.2 Å². The van der Waals surface area contributed by atoms with Crippen molar-refractivity contribution >= 4 is 24.1 Å². The minimum atomic E-state index is -1.07. The number of ether oxygens (including phenoxy) is 4. The predicted octanol–water partition coefficient (Wildman–Crippen LogP) is 4.85. The molecule has 0 bridgehead atoms. The van der Waals surface area contributed by atoms with Crippen LogP contribution < -0.4 is 0 Å². The minimum absolute atomic E-state index is 0.148. The lowest BCUT2D eigenvalue weighted by Gasteiger charge is -2.26. The lowest BCUT2D eigenvalue weighted by Crippen LogP contribution is -2.37. The number of allylic oxidation sites excluding steroid dienone is 2. The van der Waals surface area contributed by atoms with E-state index in [1.807, 2.05) is 13.8 Å². The standard InChI is InChI=1S/C35H46N2O10/c1-20-24-12-10-22(8-5-14-34(3)28(46-34)26(24)44-30(20)38)18-36(32(40)41)16-7-17-37(33(42)43)19-23-9-6-15-35(4)29(47-35)27-25(13-11-23)21(2)31(39)45-27/h8-9,24-29H,1-2,5-7,10-19H2,3-4H3,(H,40,41)(H,42,43)/b22-8+,23-9+/t24-,25-,26-,27-,28-,29-,34+,35+/m0/s1. The highest BCUT2D eigenvalue weighted by Gasteiger charge is 2.62. The van der Waals surface area contributed by atoms with Crippen molar-refractivity contribution in [2.45, 2.75) is 107 Å². The summed E-state index contributed by atoms with van der Waals surface area (Å²) < 4.78 is 23.2. The van der Waals surface area contributed by atoms with E-state index in [0.29, 0.717) is 56.1 Å². The van der Waals surface area contributed by atoms with Crippen LogP contribution in [0.25, 0.3) is 0 Å². The largest absolute Gasteiger partial charge is 0.465 e. The Hall–Kier alpha value is -3.64. The van der Waals surface area contributed by atoms with Gasteiger partial charge in [0, 0.05) is 49.2 Å². The van der Waals surface area contributed by atoms with Crippen molar-refractivity contribution in [3.63, 3.8) is 0 Å². The first-order valence-electron chi connectivity index (χ1n) is 16.8. The molecule has 12 nitrogen and oxygen atoms in total. The Balaban J connectivity index is 1.06. The molecule has 0 saturated carbocycles. The first kappa shape index (κ1) is 33.3. The van der Waals surface area contributed by atoms with Crippen molar-refractivity contribution < 1.29 is 48.3 Å². The number of rotatable bonds is 8. The van der Waals surface area contributed by atoms with Crippen LogP contribution in [0.15, 0.2) is 47.6 Å². The van der Waals surface area contributed by atoms with Gasteiger partial charge in [0.2, 0.25) is 0 Å². The average molecular weight is 655 g/mol. The molecular formula is C35H46N2O10. The van der Waals surface area contributed by atoms with E-state index in [1.54, 1.807) is 0 Å². The SMILES string of the molecule is C=C1C(=O)O[C@H]2[C@H]1CC/C(CN(CCCN(C/C1=C/CC[C@@]3(C)O[C@H]3[C@H]3OC(=O)C(=C)[C@@H]3CC1)C(=O)O)C(=O)O)=C\CC[C@@]1(C)O[C@@H]21. The lowest BCUT2D eigenvalue weighted by atomic mass is 9.84. The fourth-order valence-electron chi connectivity index (χ4n) is 7.95. The van der Waals surface area contributed by atoms with Gasteiger partial charge in [-0.1, -0.05) is 36.5 Å². The molecule has 2 N–H and O–H groups in total. The zero-order chi connectivity index (χ0) is 33.7. The second-order valence-electron chi connectivity index (χ2n) is 14.3. The van der Waals surface area contributed by atoms with E-state index >= 15 is 0 Å². The van der Waals surface area contributed by atoms with Crippen LogP contribution in [-0.4, -0.2) is 106 Å². The third-order valence-corrected chi connectivity index (χ3v) is 11.1. The Bertz CT molecular complexity index is 1320. The molecule has 6 rings (SSSR count). The highest BCUT2D eigenvalue weighted by Crippen LogP contribution is 2.51. The summed E-state index contributed by atoms with van der Waals surface area (Å²) in [6.45, 7) is 12.7. The average Bonchev–Trinajstić information content (AvgIpc) is 3.82. The molecule has 4 heterocycles. The third-order valence-electron chi connectivity index (χ3n) is 11.1. The zero-order valence-electron chi connectivity index (χ0n) is 27.3. The van der Waals surface area contributed by atoms with Gasteiger partial charge in [0.15, 0.2) is 0 Å². The Morgan fingerprint density at radius 2 is 1.19 bits per heavy atom. The van der Waals surface area contributed by atoms with E-state index in [0.717, 1.165) is 24.0 Å². The van der Waals surface area contributed by atoms with Gasteiger partial charge in [0.05, 0.1) is 11.2 Å². The second kappa shape index (κ2) is 12.8. The van der Waals surface area contributed by atoms with Gasteiger partial charge >= 0.3 is 24.1 Å². The predicted molar refractivity (Wildman–Crippen MR) is 168 cm³/mol. The number of hydrogen-bond donors (Lipinski definition) is 2. The molecule has 4 fully saturated rings. The zero-order valence-corrected chi connectivity index (χ0v) is 27.3. The second-order valence-corrected chi connectivity index (χ2v) is 14.3. The van der Waals surface area contributed by atoms with Crippen LogP contribution in [0.5, 0.6) is 0 Å². The van der Waals surface area contributed by atoms with Crippen LogP contribution in [0.3, 0.4) is 0 Å². The van der Waals surface area contributed by atoms with Crippen molar-refractivity contribution in [1.82, 2.24) is 9.80 Å². The summed E-state index contributed by atoms with van der Waals surface area (Å²) >= 11 is 0. The van der Waals surface area contributed by atoms with Crippen molar-refractivity contribution in [3.05, 3.63) is 47.6 Å². The third kappa shape index (κ3) is 6.85. The highest BCUT2D eigenvalue weighted by atomic mass is 16.7. The van der Waals surface area contributed by atoms with Crippen molar-refractivity contribution in [1.29, 1.82) is 0 Å². The molecule has 8 atom stereocenters. The van der Waals surface area contributed by atoms with Gasteiger partial charge < -0.3 is 39.0 Å². The van der Waals surface area contributed by atoms with Gasteiger partial charge in [0.25, 0.3) is 0 Å². The molecule has 0 spiro atoms. The summed E-state index contributed by atoms with van der Waals surface area (Å²) in [5, 5.41) is 20.1. The van der Waals surface area contributed by atoms with Gasteiger partial charge in [-0.2, -0.15) is 0 Å². The van der Waals surface area contributed by atoms with Gasteiger partial charge in [-0.15, -0.1) is 0 Å². The Labute approximate surface area is 275 Å². The number of hydrogen-bond acceptors (Lipinski definition) is 8. The van der Waals surface area contributed by atoms with Crippen LogP contribution >= 0.6 is 0 Å². The number of amides is 2. The molecular weight excluding hydrogens is 608 g/mol. The van der Waals surface area contributed by atoms with E-state index in [1.165, 1.54) is 9.80 Å². The molecule has 0 aromatic rings. The van der Waals surface area contributed by atoms with Gasteiger partial charge in [-0.05, 0) is 71.6 Å². The maximum Gasteiger partial charge on any atom is 0.407 e. The maximum atomic E-state index is 12.3. The molecule has 12 heteroatoms. The number of esters is 2. The van der Waals surface area contributed by atoms with E-state index in [-0.39, 0.29) is 73.6 Å². The van der Waals surface area contributed by atoms with E-state index in [2.05, 4.69) is 25.3 Å². The summed E-state index contributed by atoms with van der Waals surface area (Å²) in [5.41, 5.74) is 2.02. The van der Waals surface area contributed by atoms with Crippen molar-refractivity contribution in [2.24, 2.45) is 11.8 Å². The summed E-state index contributed by atoms with van der Waals surface area (Å²) in [6, 6.07) is 0. The van der Waals surface area contributed by atoms with E-state index < -0.39 is 24.1 Å². The minimum Gasteiger partial charge on any atom is -0.465 e. The smallest absolute Gasteiger partial charge is 0.407 e. The Morgan fingerprint density at radius 1 is 0.787 bits per heavy atom. The normalized spacial score (nSPS) is 38.5. The van der Waals surface area contributed by atoms with Crippen LogP contribution in [0.2, 0.25) is 0 Å². The summed E-state index contributed by atoms with van der Waals surface area (Å²) in [5.74, 6) is -1.14. The molecule has 0 radical (unpaired) electrons. The fraction of sp³-hybridized carbons (Fsp3) is 0.657. The monoisotopic (exact) mass is 654 g/mol. The maximum absolute atomic E-state index is 12.3. The van der Waals surface area contributed by atoms with E-state index in [4.69, 9.17) is 18.9 Å². The molecule has 0 aromatic carbocycles. The van der Waals surface area contributed by atoms with Gasteiger partial charge in [-0.3, -0.25) is 0 Å². The number of carbonyl (C=O) groups excluding carboxylic acids is 2. The van der Waals surface area contributed by atoms with Gasteiger partial charge in [0.1, 0.15) is 24.4 Å². The number of epoxide rings is 2. The summed E-state index contributed by atoms with van der Waals surface area (Å²) in [4.78, 5) is 51.9. The quantitative estimate of drug-likeness (QED) is 0.160. The molecule has 4 aliphatic heterocycles. The van der Waals surface area contributed by atoms with Crippen LogP contribution in [0.4, 0.5) is 9.59 Å². The molecule has 4 saturated heterocycles.